The van der Waals surface area contributed by atoms with E-state index in [0.717, 1.165) is 28.7 Å². The Balaban J connectivity index is 2.58. The van der Waals surface area contributed by atoms with Gasteiger partial charge in [0.15, 0.2) is 5.78 Å². The maximum atomic E-state index is 13.3. The third kappa shape index (κ3) is 5.55. The molecule has 0 atom stereocenters. The summed E-state index contributed by atoms with van der Waals surface area (Å²) in [5.74, 6) is -0.219. The van der Waals surface area contributed by atoms with Gasteiger partial charge in [-0.1, -0.05) is 57.2 Å². The molecule has 0 saturated heterocycles. The number of hydrogen-bond acceptors (Lipinski definition) is 1. The zero-order valence-electron chi connectivity index (χ0n) is 15.6. The molecule has 0 fully saturated rings. The largest absolute Gasteiger partial charge is 0.295 e. The third-order valence-electron chi connectivity index (χ3n) is 3.85. The molecule has 2 aromatic rings. The predicted molar refractivity (Wildman–Crippen MR) is 102 cm³/mol. The van der Waals surface area contributed by atoms with Crippen LogP contribution in [0.3, 0.4) is 0 Å². The van der Waals surface area contributed by atoms with Crippen molar-refractivity contribution in [2.75, 3.05) is 0 Å². The summed E-state index contributed by atoms with van der Waals surface area (Å²) in [5, 5.41) is 0. The predicted octanol–water partition coefficient (Wildman–Crippen LogP) is 6.44. The van der Waals surface area contributed by atoms with E-state index in [4.69, 9.17) is 0 Å². The van der Waals surface area contributed by atoms with Crippen molar-refractivity contribution in [1.82, 2.24) is 0 Å². The van der Waals surface area contributed by atoms with Gasteiger partial charge < -0.3 is 0 Å². The molecule has 2 heteroatoms. The summed E-state index contributed by atoms with van der Waals surface area (Å²) in [4.78, 5) is 11.5. The average Bonchev–Trinajstić information content (AvgIpc) is 2.52. The normalized spacial score (nSPS) is 11.0. The van der Waals surface area contributed by atoms with Crippen molar-refractivity contribution in [3.05, 3.63) is 82.3 Å². The highest BCUT2D eigenvalue weighted by molar-refractivity contribution is 5.94. The molecular weight excluding hydrogens is 311 g/mol. The standard InChI is InChI=1S/C23H25FO/c1-16(15-23(3,4)5)14-22(20-10-12-21(24)13-11-20)19-8-6-18(7-9-19)17(2)25/h6-13H,15H2,1-5H3. The summed E-state index contributed by atoms with van der Waals surface area (Å²) in [7, 11) is 0. The second-order valence-corrected chi connectivity index (χ2v) is 7.66. The number of allylic oxidation sites excluding steroid dienone is 1. The van der Waals surface area contributed by atoms with Gasteiger partial charge in [0.1, 0.15) is 5.82 Å². The van der Waals surface area contributed by atoms with Crippen LogP contribution in [0.2, 0.25) is 0 Å². The molecule has 0 N–H and O–H groups in total. The van der Waals surface area contributed by atoms with Gasteiger partial charge in [0.2, 0.25) is 0 Å². The van der Waals surface area contributed by atoms with E-state index < -0.39 is 0 Å². The molecule has 0 aliphatic heterocycles. The smallest absolute Gasteiger partial charge is 0.159 e. The molecule has 0 saturated carbocycles. The van der Waals surface area contributed by atoms with Crippen LogP contribution in [-0.2, 0) is 0 Å². The molecule has 2 rings (SSSR count). The lowest BCUT2D eigenvalue weighted by Gasteiger charge is -2.17. The van der Waals surface area contributed by atoms with Crippen LogP contribution in [0, 0.1) is 11.2 Å². The molecule has 0 aliphatic rings. The van der Waals surface area contributed by atoms with Crippen molar-refractivity contribution < 1.29 is 9.18 Å². The minimum atomic E-state index is -0.259. The van der Waals surface area contributed by atoms with Crippen LogP contribution in [0.25, 0.3) is 5.57 Å². The SMILES string of the molecule is CC(=O)c1ccc(C(=C=C(C)CC(C)(C)C)c2ccc(F)cc2)cc1. The van der Waals surface area contributed by atoms with Gasteiger partial charge in [0.05, 0.1) is 0 Å². The summed E-state index contributed by atoms with van der Waals surface area (Å²) in [6.07, 6.45) is 0.920. The van der Waals surface area contributed by atoms with Gasteiger partial charge in [-0.05, 0) is 54.5 Å². The number of Topliss-reactive ketones (excluding diaryl/α,β-unsaturated/α-hetero) is 1. The third-order valence-corrected chi connectivity index (χ3v) is 3.85. The highest BCUT2D eigenvalue weighted by Crippen LogP contribution is 2.27. The minimum absolute atomic E-state index is 0.0401. The summed E-state index contributed by atoms with van der Waals surface area (Å²) >= 11 is 0. The molecule has 0 heterocycles. The van der Waals surface area contributed by atoms with E-state index in [9.17, 15) is 9.18 Å². The van der Waals surface area contributed by atoms with E-state index in [-0.39, 0.29) is 17.0 Å². The van der Waals surface area contributed by atoms with Crippen molar-refractivity contribution >= 4 is 11.4 Å². The van der Waals surface area contributed by atoms with Gasteiger partial charge in [0.25, 0.3) is 0 Å². The Morgan fingerprint density at radius 2 is 1.32 bits per heavy atom. The zero-order valence-corrected chi connectivity index (χ0v) is 15.6. The molecule has 0 spiro atoms. The number of ketones is 1. The summed E-state index contributed by atoms with van der Waals surface area (Å²) < 4.78 is 13.3. The van der Waals surface area contributed by atoms with Crippen molar-refractivity contribution in [2.24, 2.45) is 5.41 Å². The Labute approximate surface area is 149 Å². The van der Waals surface area contributed by atoms with Crippen LogP contribution < -0.4 is 0 Å². The van der Waals surface area contributed by atoms with Gasteiger partial charge in [-0.25, -0.2) is 4.39 Å². The van der Waals surface area contributed by atoms with Crippen LogP contribution in [-0.4, -0.2) is 5.78 Å². The zero-order chi connectivity index (χ0) is 18.6. The van der Waals surface area contributed by atoms with Crippen LogP contribution >= 0.6 is 0 Å². The van der Waals surface area contributed by atoms with Crippen molar-refractivity contribution in [2.45, 2.75) is 41.0 Å². The molecule has 0 unspecified atom stereocenters. The highest BCUT2D eigenvalue weighted by atomic mass is 19.1. The van der Waals surface area contributed by atoms with E-state index in [1.165, 1.54) is 12.1 Å². The Bertz CT molecular complexity index is 812. The number of hydrogen-bond donors (Lipinski definition) is 0. The second kappa shape index (κ2) is 7.63. The van der Waals surface area contributed by atoms with Crippen LogP contribution in [0.4, 0.5) is 4.39 Å². The topological polar surface area (TPSA) is 17.1 Å². The molecule has 2 aromatic carbocycles. The molecule has 0 amide bonds. The number of halogens is 1. The van der Waals surface area contributed by atoms with Crippen LogP contribution in [0.15, 0.2) is 59.8 Å². The first-order valence-corrected chi connectivity index (χ1v) is 8.49. The maximum absolute atomic E-state index is 13.3. The Morgan fingerprint density at radius 1 is 0.880 bits per heavy atom. The highest BCUT2D eigenvalue weighted by Gasteiger charge is 2.12. The monoisotopic (exact) mass is 336 g/mol. The van der Waals surface area contributed by atoms with E-state index in [0.29, 0.717) is 5.56 Å². The Morgan fingerprint density at radius 3 is 1.76 bits per heavy atom. The van der Waals surface area contributed by atoms with E-state index >= 15 is 0 Å². The lowest BCUT2D eigenvalue weighted by Crippen LogP contribution is -2.04. The van der Waals surface area contributed by atoms with Crippen LogP contribution in [0.5, 0.6) is 0 Å². The van der Waals surface area contributed by atoms with Gasteiger partial charge in [-0.3, -0.25) is 4.79 Å². The summed E-state index contributed by atoms with van der Waals surface area (Å²) in [5.41, 5.74) is 8.27. The fraction of sp³-hybridized carbons (Fsp3) is 0.304. The number of benzene rings is 2. The van der Waals surface area contributed by atoms with E-state index in [1.807, 2.05) is 24.3 Å². The lowest BCUT2D eigenvalue weighted by molar-refractivity contribution is 0.101. The first kappa shape index (κ1) is 18.9. The number of carbonyl (C=O) groups is 1. The molecule has 1 nitrogen and oxygen atoms in total. The van der Waals surface area contributed by atoms with Gasteiger partial charge in [-0.2, -0.15) is 0 Å². The minimum Gasteiger partial charge on any atom is -0.295 e. The van der Waals surface area contributed by atoms with Crippen molar-refractivity contribution in [3.63, 3.8) is 0 Å². The first-order chi connectivity index (χ1) is 11.7. The molecule has 0 aliphatic carbocycles. The van der Waals surface area contributed by atoms with Gasteiger partial charge >= 0.3 is 0 Å². The lowest BCUT2D eigenvalue weighted by atomic mass is 9.88. The molecule has 0 aromatic heterocycles. The molecule has 25 heavy (non-hydrogen) atoms. The molecule has 130 valence electrons. The molecular formula is C23H25FO. The fourth-order valence-corrected chi connectivity index (χ4v) is 2.85. The van der Waals surface area contributed by atoms with Gasteiger partial charge in [-0.15, -0.1) is 5.73 Å². The van der Waals surface area contributed by atoms with Crippen molar-refractivity contribution in [1.29, 1.82) is 0 Å². The fourth-order valence-electron chi connectivity index (χ4n) is 2.85. The summed E-state index contributed by atoms with van der Waals surface area (Å²) in [6.45, 7) is 10.2. The molecule has 0 bridgehead atoms. The van der Waals surface area contributed by atoms with E-state index in [2.05, 4.69) is 33.4 Å². The quantitative estimate of drug-likeness (QED) is 0.464. The van der Waals surface area contributed by atoms with E-state index in [1.54, 1.807) is 19.1 Å². The maximum Gasteiger partial charge on any atom is 0.159 e. The van der Waals surface area contributed by atoms with Gasteiger partial charge in [0, 0.05) is 11.1 Å². The Kier molecular flexibility index (Phi) is 5.77. The molecule has 0 radical (unpaired) electrons. The summed E-state index contributed by atoms with van der Waals surface area (Å²) in [6, 6.07) is 13.9. The number of rotatable bonds is 4. The van der Waals surface area contributed by atoms with Crippen molar-refractivity contribution in [3.8, 4) is 0 Å². The van der Waals surface area contributed by atoms with Crippen LogP contribution in [0.1, 0.15) is 62.5 Å². The number of carbonyl (C=O) groups excluding carboxylic acids is 1. The average molecular weight is 336 g/mol. The Hall–Kier alpha value is -2.44. The second-order valence-electron chi connectivity index (χ2n) is 7.66. The first-order valence-electron chi connectivity index (χ1n) is 8.49.